The molecule has 0 aliphatic carbocycles. The Bertz CT molecular complexity index is 571. The van der Waals surface area contributed by atoms with Crippen LogP contribution in [0.4, 0.5) is 0 Å². The topological polar surface area (TPSA) is 68.9 Å². The van der Waals surface area contributed by atoms with Gasteiger partial charge in [0.2, 0.25) is 5.76 Å². The summed E-state index contributed by atoms with van der Waals surface area (Å²) in [6.07, 6.45) is 0. The van der Waals surface area contributed by atoms with E-state index in [9.17, 15) is 4.79 Å². The van der Waals surface area contributed by atoms with Crippen LogP contribution >= 0.6 is 0 Å². The molecule has 1 aromatic heterocycles. The highest BCUT2D eigenvalue weighted by Crippen LogP contribution is 2.38. The number of carbonyl (C=O) groups is 1. The number of carboxylic acid groups (broad SMARTS) is 1. The highest BCUT2D eigenvalue weighted by molar-refractivity contribution is 5.85. The van der Waals surface area contributed by atoms with Crippen LogP contribution in [-0.4, -0.2) is 25.3 Å². The number of methoxy groups -OCH3 is 2. The van der Waals surface area contributed by atoms with E-state index in [-0.39, 0.29) is 5.76 Å². The fourth-order valence-electron chi connectivity index (χ4n) is 1.68. The van der Waals surface area contributed by atoms with Crippen LogP contribution in [0.15, 0.2) is 34.7 Å². The van der Waals surface area contributed by atoms with Crippen molar-refractivity contribution in [3.63, 3.8) is 0 Å². The van der Waals surface area contributed by atoms with Gasteiger partial charge in [0.25, 0.3) is 0 Å². The fourth-order valence-corrected chi connectivity index (χ4v) is 1.68. The van der Waals surface area contributed by atoms with Crippen molar-refractivity contribution in [3.8, 4) is 22.8 Å². The van der Waals surface area contributed by atoms with Gasteiger partial charge in [0, 0.05) is 0 Å². The first-order valence-corrected chi connectivity index (χ1v) is 5.22. The monoisotopic (exact) mass is 248 g/mol. The van der Waals surface area contributed by atoms with Crippen LogP contribution in [0.2, 0.25) is 0 Å². The Morgan fingerprint density at radius 2 is 1.94 bits per heavy atom. The predicted molar refractivity (Wildman–Crippen MR) is 64.2 cm³/mol. The maximum atomic E-state index is 10.8. The van der Waals surface area contributed by atoms with Gasteiger partial charge in [0.05, 0.1) is 19.8 Å². The number of rotatable bonds is 4. The lowest BCUT2D eigenvalue weighted by Gasteiger charge is -2.10. The first kappa shape index (κ1) is 12.0. The van der Waals surface area contributed by atoms with Crippen molar-refractivity contribution in [2.75, 3.05) is 14.2 Å². The third-order valence-electron chi connectivity index (χ3n) is 2.49. The number of hydrogen-bond donors (Lipinski definition) is 1. The van der Waals surface area contributed by atoms with Crippen LogP contribution in [0.5, 0.6) is 11.5 Å². The molecule has 0 bridgehead atoms. The van der Waals surface area contributed by atoms with E-state index in [0.717, 1.165) is 0 Å². The lowest BCUT2D eigenvalue weighted by Crippen LogP contribution is -1.93. The summed E-state index contributed by atoms with van der Waals surface area (Å²) in [5.41, 5.74) is 0.643. The molecule has 0 saturated heterocycles. The molecule has 1 N–H and O–H groups in total. The second kappa shape index (κ2) is 4.83. The number of carboxylic acids is 1. The molecule has 2 rings (SSSR count). The SMILES string of the molecule is COc1cccc(-c2ccc(C(=O)O)o2)c1OC. The quantitative estimate of drug-likeness (QED) is 0.900. The Kier molecular flexibility index (Phi) is 3.23. The molecule has 0 unspecified atom stereocenters. The van der Waals surface area contributed by atoms with Gasteiger partial charge in [-0.05, 0) is 24.3 Å². The molecule has 5 nitrogen and oxygen atoms in total. The number of hydrogen-bond acceptors (Lipinski definition) is 4. The smallest absolute Gasteiger partial charge is 0.371 e. The summed E-state index contributed by atoms with van der Waals surface area (Å²) >= 11 is 0. The van der Waals surface area contributed by atoms with Gasteiger partial charge in [-0.2, -0.15) is 0 Å². The number of para-hydroxylation sites is 1. The van der Waals surface area contributed by atoms with E-state index in [0.29, 0.717) is 22.8 Å². The maximum absolute atomic E-state index is 10.8. The Balaban J connectivity index is 2.52. The molecule has 1 heterocycles. The zero-order valence-corrected chi connectivity index (χ0v) is 9.97. The second-order valence-electron chi connectivity index (χ2n) is 3.51. The fraction of sp³-hybridized carbons (Fsp3) is 0.154. The summed E-state index contributed by atoms with van der Waals surface area (Å²) in [6, 6.07) is 8.28. The van der Waals surface area contributed by atoms with Gasteiger partial charge >= 0.3 is 5.97 Å². The average molecular weight is 248 g/mol. The van der Waals surface area contributed by atoms with E-state index in [4.69, 9.17) is 19.0 Å². The number of aromatic carboxylic acids is 1. The minimum Gasteiger partial charge on any atom is -0.493 e. The summed E-state index contributed by atoms with van der Waals surface area (Å²) in [4.78, 5) is 10.8. The van der Waals surface area contributed by atoms with E-state index in [1.165, 1.54) is 20.3 Å². The molecule has 18 heavy (non-hydrogen) atoms. The zero-order valence-electron chi connectivity index (χ0n) is 9.97. The maximum Gasteiger partial charge on any atom is 0.371 e. The van der Waals surface area contributed by atoms with Gasteiger partial charge < -0.3 is 19.0 Å². The molecule has 94 valence electrons. The van der Waals surface area contributed by atoms with Crippen LogP contribution in [0.1, 0.15) is 10.6 Å². The molecule has 0 saturated carbocycles. The van der Waals surface area contributed by atoms with Crippen molar-refractivity contribution in [1.82, 2.24) is 0 Å². The lowest BCUT2D eigenvalue weighted by molar-refractivity contribution is 0.0663. The summed E-state index contributed by atoms with van der Waals surface area (Å²) < 4.78 is 15.7. The third-order valence-corrected chi connectivity index (χ3v) is 2.49. The van der Waals surface area contributed by atoms with E-state index in [1.807, 2.05) is 0 Å². The molecule has 0 fully saturated rings. The van der Waals surface area contributed by atoms with Crippen molar-refractivity contribution < 1.29 is 23.8 Å². The van der Waals surface area contributed by atoms with Crippen LogP contribution in [0.3, 0.4) is 0 Å². The minimum atomic E-state index is -1.11. The highest BCUT2D eigenvalue weighted by Gasteiger charge is 2.16. The molecular weight excluding hydrogens is 236 g/mol. The molecule has 0 radical (unpaired) electrons. The van der Waals surface area contributed by atoms with Gasteiger partial charge in [0.15, 0.2) is 11.5 Å². The van der Waals surface area contributed by atoms with Crippen molar-refractivity contribution in [2.24, 2.45) is 0 Å². The van der Waals surface area contributed by atoms with Crippen LogP contribution in [-0.2, 0) is 0 Å². The zero-order chi connectivity index (χ0) is 13.1. The number of furan rings is 1. The van der Waals surface area contributed by atoms with E-state index in [1.54, 1.807) is 24.3 Å². The van der Waals surface area contributed by atoms with Crippen molar-refractivity contribution >= 4 is 5.97 Å². The Morgan fingerprint density at radius 1 is 1.17 bits per heavy atom. The van der Waals surface area contributed by atoms with E-state index < -0.39 is 5.97 Å². The van der Waals surface area contributed by atoms with Crippen LogP contribution < -0.4 is 9.47 Å². The van der Waals surface area contributed by atoms with Crippen molar-refractivity contribution in [3.05, 3.63) is 36.1 Å². The van der Waals surface area contributed by atoms with Crippen LogP contribution in [0, 0.1) is 0 Å². The predicted octanol–water partition coefficient (Wildman–Crippen LogP) is 2.66. The molecule has 1 aromatic carbocycles. The van der Waals surface area contributed by atoms with Gasteiger partial charge in [-0.3, -0.25) is 0 Å². The molecule has 0 aliphatic rings. The number of benzene rings is 1. The first-order valence-electron chi connectivity index (χ1n) is 5.22. The van der Waals surface area contributed by atoms with Gasteiger partial charge in [0.1, 0.15) is 5.76 Å². The Labute approximate surface area is 104 Å². The molecule has 0 spiro atoms. The van der Waals surface area contributed by atoms with Gasteiger partial charge in [-0.1, -0.05) is 6.07 Å². The van der Waals surface area contributed by atoms with E-state index >= 15 is 0 Å². The van der Waals surface area contributed by atoms with Gasteiger partial charge in [-0.15, -0.1) is 0 Å². The molecule has 0 atom stereocenters. The summed E-state index contributed by atoms with van der Waals surface area (Å²) in [7, 11) is 3.05. The average Bonchev–Trinajstić information content (AvgIpc) is 2.87. The summed E-state index contributed by atoms with van der Waals surface area (Å²) in [6.45, 7) is 0. The molecule has 5 heteroatoms. The Hall–Kier alpha value is -2.43. The lowest BCUT2D eigenvalue weighted by atomic mass is 10.1. The van der Waals surface area contributed by atoms with Gasteiger partial charge in [-0.25, -0.2) is 4.79 Å². The molecule has 2 aromatic rings. The van der Waals surface area contributed by atoms with E-state index in [2.05, 4.69) is 0 Å². The number of ether oxygens (including phenoxy) is 2. The molecule has 0 aliphatic heterocycles. The third kappa shape index (κ3) is 2.02. The van der Waals surface area contributed by atoms with Crippen LogP contribution in [0.25, 0.3) is 11.3 Å². The highest BCUT2D eigenvalue weighted by atomic mass is 16.5. The van der Waals surface area contributed by atoms with Crippen molar-refractivity contribution in [1.29, 1.82) is 0 Å². The first-order chi connectivity index (χ1) is 8.67. The molecular formula is C13H12O5. The standard InChI is InChI=1S/C13H12O5/c1-16-10-5-3-4-8(12(10)17-2)9-6-7-11(18-9)13(14)15/h3-7H,1-2H3,(H,14,15). The normalized spacial score (nSPS) is 10.1. The molecule has 0 amide bonds. The largest absolute Gasteiger partial charge is 0.493 e. The summed E-state index contributed by atoms with van der Waals surface area (Å²) in [5, 5.41) is 8.82. The Morgan fingerprint density at radius 3 is 2.50 bits per heavy atom. The minimum absolute atomic E-state index is 0.116. The second-order valence-corrected chi connectivity index (χ2v) is 3.51. The summed E-state index contributed by atoms with van der Waals surface area (Å²) in [5.74, 6) is 0.260. The van der Waals surface area contributed by atoms with Crippen molar-refractivity contribution in [2.45, 2.75) is 0 Å².